The van der Waals surface area contributed by atoms with Gasteiger partial charge in [0.25, 0.3) is 0 Å². The Morgan fingerprint density at radius 1 is 1.21 bits per heavy atom. The van der Waals surface area contributed by atoms with Crippen LogP contribution in [0.25, 0.3) is 20.8 Å². The number of anilines is 1. The third-order valence-corrected chi connectivity index (χ3v) is 5.19. The molecule has 7 nitrogen and oxygen atoms in total. The van der Waals surface area contributed by atoms with Crippen molar-refractivity contribution in [1.82, 2.24) is 9.88 Å². The average Bonchev–Trinajstić information content (AvgIpc) is 3.12. The number of fused-ring (bicyclic) bond motifs is 1. The van der Waals surface area contributed by atoms with Gasteiger partial charge in [-0.05, 0) is 61.9 Å². The summed E-state index contributed by atoms with van der Waals surface area (Å²) in [6.45, 7) is 2.48. The Hall–Kier alpha value is -3.10. The van der Waals surface area contributed by atoms with E-state index in [2.05, 4.69) is 16.4 Å². The van der Waals surface area contributed by atoms with Crippen molar-refractivity contribution in [2.45, 2.75) is 13.3 Å². The van der Waals surface area contributed by atoms with Crippen molar-refractivity contribution >= 4 is 45.5 Å². The summed E-state index contributed by atoms with van der Waals surface area (Å²) in [6.07, 6.45) is 0.781. The lowest BCUT2D eigenvalue weighted by Gasteiger charge is -2.14. The van der Waals surface area contributed by atoms with Gasteiger partial charge in [0.05, 0.1) is 10.2 Å². The van der Waals surface area contributed by atoms with Gasteiger partial charge in [0.15, 0.2) is 0 Å². The van der Waals surface area contributed by atoms with Crippen LogP contribution in [0.4, 0.5) is 5.69 Å². The molecular formula is C20H20N4O3S. The van der Waals surface area contributed by atoms with Crippen molar-refractivity contribution < 1.29 is 14.4 Å². The lowest BCUT2D eigenvalue weighted by atomic mass is 10.2. The number of imide groups is 1. The number of aryl methyl sites for hydroxylation is 1. The van der Waals surface area contributed by atoms with Crippen molar-refractivity contribution in [3.63, 3.8) is 0 Å². The fraction of sp³-hybridized carbons (Fsp3) is 0.200. The Labute approximate surface area is 166 Å². The first-order chi connectivity index (χ1) is 13.5. The molecule has 3 aromatic rings. The van der Waals surface area contributed by atoms with Crippen LogP contribution in [0.2, 0.25) is 0 Å². The van der Waals surface area contributed by atoms with Gasteiger partial charge in [0.2, 0.25) is 6.41 Å². The number of nitrogens with two attached hydrogens (primary N) is 1. The number of benzene rings is 2. The summed E-state index contributed by atoms with van der Waals surface area (Å²) in [5.74, 6) is -1.78. The molecule has 0 aliphatic rings. The third-order valence-electron chi connectivity index (χ3n) is 4.12. The number of carbonyl (C=O) groups excluding carboxylic acids is 3. The van der Waals surface area contributed by atoms with Crippen molar-refractivity contribution in [2.75, 3.05) is 18.4 Å². The molecule has 144 valence electrons. The molecule has 0 unspecified atom stereocenters. The summed E-state index contributed by atoms with van der Waals surface area (Å²) in [5, 5.41) is 3.39. The molecule has 3 N–H and O–H groups in total. The second-order valence-electron chi connectivity index (χ2n) is 6.27. The maximum Gasteiger partial charge on any atom is 0.318 e. The molecular weight excluding hydrogens is 376 g/mol. The van der Waals surface area contributed by atoms with Crippen molar-refractivity contribution in [3.05, 3.63) is 48.0 Å². The van der Waals surface area contributed by atoms with Crippen LogP contribution in [0.15, 0.2) is 42.5 Å². The van der Waals surface area contributed by atoms with Gasteiger partial charge in [-0.1, -0.05) is 6.07 Å². The SMILES string of the molecule is Cc1ccc2nc(-c3ccc(NC(=O)C(=O)N(C=O)CCCN)cc3)sc2c1. The van der Waals surface area contributed by atoms with Crippen molar-refractivity contribution in [2.24, 2.45) is 5.73 Å². The van der Waals surface area contributed by atoms with E-state index in [0.717, 1.165) is 25.7 Å². The summed E-state index contributed by atoms with van der Waals surface area (Å²) in [5.41, 5.74) is 8.87. The molecule has 1 heterocycles. The van der Waals surface area contributed by atoms with Gasteiger partial charge in [-0.25, -0.2) is 4.98 Å². The Balaban J connectivity index is 1.70. The first-order valence-corrected chi connectivity index (χ1v) is 9.58. The van der Waals surface area contributed by atoms with Crippen LogP contribution in [0.1, 0.15) is 12.0 Å². The summed E-state index contributed by atoms with van der Waals surface area (Å²) < 4.78 is 1.12. The van der Waals surface area contributed by atoms with Crippen LogP contribution >= 0.6 is 11.3 Å². The van der Waals surface area contributed by atoms with Crippen LogP contribution in [-0.2, 0) is 14.4 Å². The van der Waals surface area contributed by atoms with Gasteiger partial charge < -0.3 is 11.1 Å². The predicted octanol–water partition coefficient (Wildman–Crippen LogP) is 2.54. The standard InChI is InChI=1S/C20H20N4O3S/c1-13-3-8-16-17(11-13)28-19(23-16)14-4-6-15(7-5-14)22-18(26)20(27)24(12-25)10-2-9-21/h3-8,11-12H,2,9-10,21H2,1H3,(H,22,26). The van der Waals surface area contributed by atoms with E-state index in [1.54, 1.807) is 23.5 Å². The number of hydrogen-bond acceptors (Lipinski definition) is 6. The highest BCUT2D eigenvalue weighted by Crippen LogP contribution is 2.31. The number of thiazole rings is 1. The van der Waals surface area contributed by atoms with Crippen LogP contribution < -0.4 is 11.1 Å². The molecule has 8 heteroatoms. The van der Waals surface area contributed by atoms with Crippen LogP contribution in [0.3, 0.4) is 0 Å². The van der Waals surface area contributed by atoms with Crippen LogP contribution in [0, 0.1) is 6.92 Å². The molecule has 0 aliphatic carbocycles. The number of rotatable bonds is 6. The normalized spacial score (nSPS) is 10.6. The van der Waals surface area contributed by atoms with Crippen LogP contribution in [-0.4, -0.2) is 41.2 Å². The van der Waals surface area contributed by atoms with Gasteiger partial charge in [-0.15, -0.1) is 11.3 Å². The van der Waals surface area contributed by atoms with Gasteiger partial charge in [0.1, 0.15) is 5.01 Å². The van der Waals surface area contributed by atoms with E-state index in [1.807, 2.05) is 31.2 Å². The minimum absolute atomic E-state index is 0.113. The van der Waals surface area contributed by atoms with E-state index >= 15 is 0 Å². The topological polar surface area (TPSA) is 105 Å². The molecule has 0 bridgehead atoms. The number of nitrogens with one attached hydrogen (secondary N) is 1. The van der Waals surface area contributed by atoms with E-state index in [1.165, 1.54) is 5.56 Å². The lowest BCUT2D eigenvalue weighted by Crippen LogP contribution is -2.39. The molecule has 0 aliphatic heterocycles. The van der Waals surface area contributed by atoms with E-state index in [0.29, 0.717) is 25.1 Å². The largest absolute Gasteiger partial charge is 0.330 e. The van der Waals surface area contributed by atoms with Crippen molar-refractivity contribution in [3.8, 4) is 10.6 Å². The van der Waals surface area contributed by atoms with E-state index in [4.69, 9.17) is 5.73 Å². The first-order valence-electron chi connectivity index (χ1n) is 8.77. The zero-order chi connectivity index (χ0) is 20.1. The van der Waals surface area contributed by atoms with E-state index < -0.39 is 11.8 Å². The fourth-order valence-corrected chi connectivity index (χ4v) is 3.70. The molecule has 0 atom stereocenters. The molecule has 3 amide bonds. The summed E-state index contributed by atoms with van der Waals surface area (Å²) in [6, 6.07) is 13.2. The van der Waals surface area contributed by atoms with Gasteiger partial charge in [-0.2, -0.15) is 0 Å². The number of carbonyl (C=O) groups is 3. The number of amides is 3. The molecule has 0 fully saturated rings. The Kier molecular flexibility index (Phi) is 6.13. The van der Waals surface area contributed by atoms with Gasteiger partial charge in [0, 0.05) is 17.8 Å². The monoisotopic (exact) mass is 396 g/mol. The molecule has 3 rings (SSSR count). The van der Waals surface area contributed by atoms with Gasteiger partial charge >= 0.3 is 11.8 Å². The third kappa shape index (κ3) is 4.41. The van der Waals surface area contributed by atoms with Gasteiger partial charge in [-0.3, -0.25) is 19.3 Å². The Morgan fingerprint density at radius 2 is 1.96 bits per heavy atom. The predicted molar refractivity (Wildman–Crippen MR) is 110 cm³/mol. The Morgan fingerprint density at radius 3 is 2.64 bits per heavy atom. The number of hydrogen-bond donors (Lipinski definition) is 2. The Bertz CT molecular complexity index is 1010. The second-order valence-corrected chi connectivity index (χ2v) is 7.30. The quantitative estimate of drug-likeness (QED) is 0.492. The highest BCUT2D eigenvalue weighted by atomic mass is 32.1. The zero-order valence-corrected chi connectivity index (χ0v) is 16.2. The fourth-order valence-electron chi connectivity index (χ4n) is 2.63. The van der Waals surface area contributed by atoms with Crippen LogP contribution in [0.5, 0.6) is 0 Å². The first kappa shape index (κ1) is 19.7. The highest BCUT2D eigenvalue weighted by molar-refractivity contribution is 7.21. The van der Waals surface area contributed by atoms with E-state index in [9.17, 15) is 14.4 Å². The minimum Gasteiger partial charge on any atom is -0.330 e. The molecule has 0 radical (unpaired) electrons. The van der Waals surface area contributed by atoms with E-state index in [-0.39, 0.29) is 6.54 Å². The molecule has 0 spiro atoms. The molecule has 0 saturated carbocycles. The maximum atomic E-state index is 12.1. The zero-order valence-electron chi connectivity index (χ0n) is 15.3. The summed E-state index contributed by atoms with van der Waals surface area (Å²) >= 11 is 1.60. The smallest absolute Gasteiger partial charge is 0.318 e. The molecule has 28 heavy (non-hydrogen) atoms. The van der Waals surface area contributed by atoms with Crippen molar-refractivity contribution in [1.29, 1.82) is 0 Å². The minimum atomic E-state index is -0.908. The molecule has 1 aromatic heterocycles. The second kappa shape index (κ2) is 8.73. The summed E-state index contributed by atoms with van der Waals surface area (Å²) in [4.78, 5) is 40.5. The molecule has 2 aromatic carbocycles. The average molecular weight is 396 g/mol. The number of aromatic nitrogens is 1. The number of nitrogens with zero attached hydrogens (tertiary/aromatic N) is 2. The summed E-state index contributed by atoms with van der Waals surface area (Å²) in [7, 11) is 0. The lowest BCUT2D eigenvalue weighted by molar-refractivity contribution is -0.146. The highest BCUT2D eigenvalue weighted by Gasteiger charge is 2.21. The maximum absolute atomic E-state index is 12.1. The molecule has 0 saturated heterocycles.